The number of rotatable bonds is 2. The number of hydrogen-bond donors (Lipinski definition) is 0. The van der Waals surface area contributed by atoms with E-state index in [1.165, 1.54) is 0 Å². The molecule has 0 bridgehead atoms. The predicted octanol–water partition coefficient (Wildman–Crippen LogP) is 0.411. The molecule has 0 saturated carbocycles. The monoisotopic (exact) mass is 265 g/mol. The molecule has 0 N–H and O–H groups in total. The molecule has 0 spiro atoms. The van der Waals surface area contributed by atoms with Crippen LogP contribution in [-0.4, -0.2) is 58.6 Å². The summed E-state index contributed by atoms with van der Waals surface area (Å²) in [7, 11) is 0. The van der Waals surface area contributed by atoms with Gasteiger partial charge in [-0.3, -0.25) is 9.69 Å². The largest absolute Gasteiger partial charge is 0.335 e. The van der Waals surface area contributed by atoms with E-state index in [9.17, 15) is 4.79 Å². The standard InChI is InChI=1S/C11H12ClN5O/c12-10-2-1-9(14-15-10)11(18)17-7-5-16(4-3-13)6-8-17/h1-2H,4-8H2. The summed E-state index contributed by atoms with van der Waals surface area (Å²) >= 11 is 5.62. The van der Waals surface area contributed by atoms with E-state index in [1.54, 1.807) is 17.0 Å². The minimum absolute atomic E-state index is 0.143. The summed E-state index contributed by atoms with van der Waals surface area (Å²) in [5, 5.41) is 16.3. The Morgan fingerprint density at radius 2 is 2.06 bits per heavy atom. The first-order valence-corrected chi connectivity index (χ1v) is 5.96. The molecule has 0 aromatic carbocycles. The molecule has 1 aliphatic rings. The van der Waals surface area contributed by atoms with E-state index in [0.29, 0.717) is 38.4 Å². The van der Waals surface area contributed by atoms with Crippen LogP contribution in [-0.2, 0) is 0 Å². The Morgan fingerprint density at radius 3 is 2.61 bits per heavy atom. The summed E-state index contributed by atoms with van der Waals surface area (Å²) in [5.41, 5.74) is 0.299. The highest BCUT2D eigenvalue weighted by Crippen LogP contribution is 2.08. The van der Waals surface area contributed by atoms with Gasteiger partial charge in [0.15, 0.2) is 10.8 Å². The first kappa shape index (κ1) is 12.7. The Morgan fingerprint density at radius 1 is 1.33 bits per heavy atom. The number of halogens is 1. The first-order chi connectivity index (χ1) is 8.70. The van der Waals surface area contributed by atoms with E-state index in [0.717, 1.165) is 0 Å². The van der Waals surface area contributed by atoms with Crippen LogP contribution >= 0.6 is 11.6 Å². The topological polar surface area (TPSA) is 73.1 Å². The fourth-order valence-electron chi connectivity index (χ4n) is 1.80. The Labute approximate surface area is 110 Å². The molecule has 7 heteroatoms. The molecule has 0 radical (unpaired) electrons. The van der Waals surface area contributed by atoms with Crippen LogP contribution in [0.3, 0.4) is 0 Å². The average Bonchev–Trinajstić information content (AvgIpc) is 2.40. The van der Waals surface area contributed by atoms with Crippen molar-refractivity contribution in [3.63, 3.8) is 0 Å². The van der Waals surface area contributed by atoms with Crippen molar-refractivity contribution in [2.45, 2.75) is 0 Å². The molecule has 1 amide bonds. The summed E-state index contributed by atoms with van der Waals surface area (Å²) in [6, 6.07) is 5.22. The zero-order valence-corrected chi connectivity index (χ0v) is 10.5. The van der Waals surface area contributed by atoms with E-state index >= 15 is 0 Å². The minimum Gasteiger partial charge on any atom is -0.335 e. The number of amides is 1. The van der Waals surface area contributed by atoms with E-state index in [-0.39, 0.29) is 11.1 Å². The van der Waals surface area contributed by atoms with Crippen LogP contribution in [0, 0.1) is 11.3 Å². The number of carbonyl (C=O) groups excluding carboxylic acids is 1. The maximum atomic E-state index is 12.1. The second-order valence-corrected chi connectivity index (χ2v) is 4.36. The van der Waals surface area contributed by atoms with E-state index in [4.69, 9.17) is 16.9 Å². The van der Waals surface area contributed by atoms with Crippen LogP contribution in [0.1, 0.15) is 10.5 Å². The maximum absolute atomic E-state index is 12.1. The summed E-state index contributed by atoms with van der Waals surface area (Å²) in [6.45, 7) is 3.03. The van der Waals surface area contributed by atoms with Gasteiger partial charge in [-0.25, -0.2) is 0 Å². The summed E-state index contributed by atoms with van der Waals surface area (Å²) < 4.78 is 0. The lowest BCUT2D eigenvalue weighted by Gasteiger charge is -2.33. The van der Waals surface area contributed by atoms with Crippen LogP contribution < -0.4 is 0 Å². The van der Waals surface area contributed by atoms with Crippen molar-refractivity contribution < 1.29 is 4.79 Å². The van der Waals surface area contributed by atoms with Crippen molar-refractivity contribution in [3.05, 3.63) is 23.0 Å². The molecule has 0 unspecified atom stereocenters. The second kappa shape index (κ2) is 5.76. The molecule has 6 nitrogen and oxygen atoms in total. The number of carbonyl (C=O) groups is 1. The van der Waals surface area contributed by atoms with Crippen LogP contribution in [0.2, 0.25) is 5.15 Å². The van der Waals surface area contributed by atoms with Crippen molar-refractivity contribution >= 4 is 17.5 Å². The number of piperazine rings is 1. The summed E-state index contributed by atoms with van der Waals surface area (Å²) in [4.78, 5) is 15.8. The first-order valence-electron chi connectivity index (χ1n) is 5.58. The van der Waals surface area contributed by atoms with Gasteiger partial charge in [0.05, 0.1) is 12.6 Å². The van der Waals surface area contributed by atoms with Gasteiger partial charge in [0.2, 0.25) is 0 Å². The van der Waals surface area contributed by atoms with Gasteiger partial charge < -0.3 is 4.90 Å². The Hall–Kier alpha value is -1.71. The minimum atomic E-state index is -0.143. The highest BCUT2D eigenvalue weighted by molar-refractivity contribution is 6.29. The van der Waals surface area contributed by atoms with Gasteiger partial charge in [-0.2, -0.15) is 5.26 Å². The molecule has 1 aromatic heterocycles. The van der Waals surface area contributed by atoms with Crippen molar-refractivity contribution in [1.29, 1.82) is 5.26 Å². The lowest BCUT2D eigenvalue weighted by molar-refractivity contribution is 0.0645. The molecule has 1 fully saturated rings. The third kappa shape index (κ3) is 2.94. The van der Waals surface area contributed by atoms with E-state index < -0.39 is 0 Å². The summed E-state index contributed by atoms with van der Waals surface area (Å²) in [6.07, 6.45) is 0. The van der Waals surface area contributed by atoms with E-state index in [2.05, 4.69) is 16.3 Å². The normalized spacial score (nSPS) is 16.3. The van der Waals surface area contributed by atoms with Crippen LogP contribution in [0.15, 0.2) is 12.1 Å². The highest BCUT2D eigenvalue weighted by Gasteiger charge is 2.22. The van der Waals surface area contributed by atoms with Gasteiger partial charge in [-0.1, -0.05) is 11.6 Å². The molecule has 1 saturated heterocycles. The molecule has 0 aliphatic carbocycles. The molecule has 18 heavy (non-hydrogen) atoms. The number of hydrogen-bond acceptors (Lipinski definition) is 5. The van der Waals surface area contributed by atoms with Crippen molar-refractivity contribution in [2.75, 3.05) is 32.7 Å². The van der Waals surface area contributed by atoms with Crippen LogP contribution in [0.25, 0.3) is 0 Å². The van der Waals surface area contributed by atoms with Gasteiger partial charge in [-0.05, 0) is 12.1 Å². The molecule has 0 atom stereocenters. The number of nitrogens with zero attached hydrogens (tertiary/aromatic N) is 5. The van der Waals surface area contributed by atoms with Gasteiger partial charge in [0, 0.05) is 26.2 Å². The highest BCUT2D eigenvalue weighted by atomic mass is 35.5. The molecule has 94 valence electrons. The van der Waals surface area contributed by atoms with Gasteiger partial charge in [0.25, 0.3) is 5.91 Å². The van der Waals surface area contributed by atoms with Gasteiger partial charge in [0.1, 0.15) is 0 Å². The Balaban J connectivity index is 1.95. The van der Waals surface area contributed by atoms with Crippen molar-refractivity contribution in [3.8, 4) is 6.07 Å². The second-order valence-electron chi connectivity index (χ2n) is 3.97. The zero-order valence-electron chi connectivity index (χ0n) is 9.71. The third-order valence-corrected chi connectivity index (χ3v) is 3.01. The van der Waals surface area contributed by atoms with Crippen LogP contribution in [0.5, 0.6) is 0 Å². The smallest absolute Gasteiger partial charge is 0.274 e. The fourth-order valence-corrected chi connectivity index (χ4v) is 1.90. The number of nitriles is 1. The SMILES string of the molecule is N#CCN1CCN(C(=O)c2ccc(Cl)nn2)CC1. The molecule has 2 rings (SSSR count). The Bertz CT molecular complexity index is 461. The molecular formula is C11H12ClN5O. The van der Waals surface area contributed by atoms with Gasteiger partial charge in [-0.15, -0.1) is 10.2 Å². The maximum Gasteiger partial charge on any atom is 0.274 e. The average molecular weight is 266 g/mol. The molecule has 2 heterocycles. The molecule has 1 aliphatic heterocycles. The molecular weight excluding hydrogens is 254 g/mol. The lowest BCUT2D eigenvalue weighted by atomic mass is 10.2. The van der Waals surface area contributed by atoms with Crippen molar-refractivity contribution in [2.24, 2.45) is 0 Å². The van der Waals surface area contributed by atoms with E-state index in [1.807, 2.05) is 4.90 Å². The van der Waals surface area contributed by atoms with Crippen molar-refractivity contribution in [1.82, 2.24) is 20.0 Å². The third-order valence-electron chi connectivity index (χ3n) is 2.80. The Kier molecular flexibility index (Phi) is 4.07. The summed E-state index contributed by atoms with van der Waals surface area (Å²) in [5.74, 6) is -0.143. The predicted molar refractivity (Wildman–Crippen MR) is 65.0 cm³/mol. The number of aromatic nitrogens is 2. The fraction of sp³-hybridized carbons (Fsp3) is 0.455. The van der Waals surface area contributed by atoms with Crippen LogP contribution in [0.4, 0.5) is 0 Å². The lowest BCUT2D eigenvalue weighted by Crippen LogP contribution is -2.48. The van der Waals surface area contributed by atoms with Gasteiger partial charge >= 0.3 is 0 Å². The quantitative estimate of drug-likeness (QED) is 0.724. The molecule has 1 aromatic rings. The zero-order chi connectivity index (χ0) is 13.0.